The fourth-order valence-corrected chi connectivity index (χ4v) is 6.70. The monoisotopic (exact) mass is 641 g/mol. The number of nitrogens with zero attached hydrogens (tertiary/aromatic N) is 2. The van der Waals surface area contributed by atoms with Gasteiger partial charge in [-0.15, -0.1) is 0 Å². The molecule has 1 atom stereocenters. The third-order valence-corrected chi connectivity index (χ3v) is 9.90. The molecule has 6 heteroatoms. The molecule has 1 aliphatic heterocycles. The van der Waals surface area contributed by atoms with Crippen LogP contribution in [0.2, 0.25) is 5.02 Å². The van der Waals surface area contributed by atoms with Gasteiger partial charge in [-0.2, -0.15) is 10.2 Å². The molecule has 5 nitrogen and oxygen atoms in total. The van der Waals surface area contributed by atoms with E-state index in [1.54, 1.807) is 12.2 Å². The van der Waals surface area contributed by atoms with Crippen molar-refractivity contribution in [3.8, 4) is 0 Å². The van der Waals surface area contributed by atoms with E-state index in [2.05, 4.69) is 50.0 Å². The highest BCUT2D eigenvalue weighted by atomic mass is 35.5. The molecular formula is C40H52ClN3O2. The lowest BCUT2D eigenvalue weighted by atomic mass is 9.55. The van der Waals surface area contributed by atoms with Gasteiger partial charge < -0.3 is 5.41 Å². The quantitative estimate of drug-likeness (QED) is 0.0603. The lowest BCUT2D eigenvalue weighted by Crippen LogP contribution is -2.48. The minimum absolute atomic E-state index is 0.0942. The van der Waals surface area contributed by atoms with Crippen LogP contribution in [-0.4, -0.2) is 29.2 Å². The summed E-state index contributed by atoms with van der Waals surface area (Å²) in [6.45, 7) is 10.7. The second-order valence-corrected chi connectivity index (χ2v) is 14.7. The van der Waals surface area contributed by atoms with E-state index in [4.69, 9.17) is 17.0 Å². The Kier molecular flexibility index (Phi) is 12.9. The molecule has 1 heterocycles. The molecule has 1 aromatic rings. The number of nitrogens with one attached hydrogen (secondary N) is 1. The summed E-state index contributed by atoms with van der Waals surface area (Å²) < 4.78 is 0. The van der Waals surface area contributed by atoms with Crippen molar-refractivity contribution in [3.05, 3.63) is 75.9 Å². The Morgan fingerprint density at radius 3 is 2.52 bits per heavy atom. The number of hydrogen-bond acceptors (Lipinski definition) is 5. The number of rotatable bonds is 17. The molecular weight excluding hydrogens is 590 g/mol. The van der Waals surface area contributed by atoms with E-state index < -0.39 is 0 Å². The van der Waals surface area contributed by atoms with E-state index in [1.807, 2.05) is 43.5 Å². The summed E-state index contributed by atoms with van der Waals surface area (Å²) >= 11 is 6.66. The standard InChI is InChI=1S/C40H52ClN3O2/c1-6-30(16-19-34(42)18-13-27(2)3)22-35(37(45)11-7-9-31-14-15-31)38(46)12-8-10-32-23-33(17-20-36(32)41)40(24-29(5)25-40)39-21-28(4)26-43-44-39/h6-8,10-11,17,20,22-23,26-29,31,42H,9,12-16,18-19,21,24-25H2,1-5H3/b10-8+,11-7+,30-6-,35-22+,42-34?/t28?,29-,40+. The molecule has 2 fully saturated rings. The van der Waals surface area contributed by atoms with Gasteiger partial charge in [0.15, 0.2) is 11.6 Å². The summed E-state index contributed by atoms with van der Waals surface area (Å²) in [5.74, 6) is 1.74. The molecule has 4 rings (SSSR count). The van der Waals surface area contributed by atoms with Crippen LogP contribution in [0.5, 0.6) is 0 Å². The lowest BCUT2D eigenvalue weighted by Gasteiger charge is -2.48. The zero-order valence-corrected chi connectivity index (χ0v) is 29.2. The molecule has 0 bridgehead atoms. The molecule has 0 aromatic heterocycles. The van der Waals surface area contributed by atoms with E-state index in [9.17, 15) is 9.59 Å². The van der Waals surface area contributed by atoms with E-state index >= 15 is 0 Å². The van der Waals surface area contributed by atoms with Gasteiger partial charge in [-0.3, -0.25) is 9.59 Å². The normalized spacial score (nSPS) is 23.7. The molecule has 0 saturated heterocycles. The van der Waals surface area contributed by atoms with Crippen LogP contribution in [0, 0.1) is 29.1 Å². The van der Waals surface area contributed by atoms with Crippen LogP contribution in [-0.2, 0) is 15.0 Å². The predicted molar refractivity (Wildman–Crippen MR) is 194 cm³/mol. The summed E-state index contributed by atoms with van der Waals surface area (Å²) in [5.41, 5.74) is 4.88. The number of ketones is 2. The third kappa shape index (κ3) is 9.91. The van der Waals surface area contributed by atoms with Crippen molar-refractivity contribution in [3.63, 3.8) is 0 Å². The highest BCUT2D eigenvalue weighted by Crippen LogP contribution is 2.50. The summed E-state index contributed by atoms with van der Waals surface area (Å²) in [7, 11) is 0. The first-order chi connectivity index (χ1) is 22.0. The number of allylic oxidation sites excluding steroid dienone is 7. The first-order valence-electron chi connectivity index (χ1n) is 17.2. The summed E-state index contributed by atoms with van der Waals surface area (Å²) in [6.07, 6.45) is 22.2. The molecule has 2 saturated carbocycles. The largest absolute Gasteiger partial charge is 0.310 e. The molecule has 1 aromatic carbocycles. The number of benzene rings is 1. The van der Waals surface area contributed by atoms with Gasteiger partial charge >= 0.3 is 0 Å². The summed E-state index contributed by atoms with van der Waals surface area (Å²) in [6, 6.07) is 6.18. The second-order valence-electron chi connectivity index (χ2n) is 14.3. The van der Waals surface area contributed by atoms with Gasteiger partial charge in [-0.25, -0.2) is 0 Å². The Morgan fingerprint density at radius 2 is 1.87 bits per heavy atom. The van der Waals surface area contributed by atoms with E-state index in [0.29, 0.717) is 47.2 Å². The maximum Gasteiger partial charge on any atom is 0.189 e. The average molecular weight is 642 g/mol. The number of halogens is 1. The van der Waals surface area contributed by atoms with Crippen LogP contribution in [0.4, 0.5) is 0 Å². The van der Waals surface area contributed by atoms with Crippen LogP contribution in [0.3, 0.4) is 0 Å². The Labute approximate surface area is 281 Å². The van der Waals surface area contributed by atoms with Gasteiger partial charge in [0.25, 0.3) is 0 Å². The highest BCUT2D eigenvalue weighted by molar-refractivity contribution is 6.32. The molecule has 1 N–H and O–H groups in total. The SMILES string of the molecule is C/C=C(\C=C(/C(=O)/C=C/CC1CC1)C(=O)C/C=C/c1cc([C@]2(C3=NN=CC(C)C3)C[C@@H](C)C2)ccc1Cl)CCC(=N)CCC(C)C. The Balaban J connectivity index is 1.50. The molecule has 0 spiro atoms. The van der Waals surface area contributed by atoms with Crippen molar-refractivity contribution in [1.82, 2.24) is 0 Å². The minimum atomic E-state index is -0.250. The predicted octanol–water partition coefficient (Wildman–Crippen LogP) is 10.5. The first-order valence-corrected chi connectivity index (χ1v) is 17.6. The zero-order chi connectivity index (χ0) is 33.3. The van der Waals surface area contributed by atoms with Gasteiger partial charge in [0.05, 0.1) is 11.3 Å². The van der Waals surface area contributed by atoms with E-state index in [0.717, 1.165) is 55.4 Å². The van der Waals surface area contributed by atoms with Crippen LogP contribution < -0.4 is 0 Å². The van der Waals surface area contributed by atoms with Crippen LogP contribution in [0.15, 0.2) is 69.9 Å². The molecule has 3 aliphatic rings. The van der Waals surface area contributed by atoms with Gasteiger partial charge in [-0.05, 0) is 130 Å². The van der Waals surface area contributed by atoms with Gasteiger partial charge in [0, 0.05) is 28.8 Å². The van der Waals surface area contributed by atoms with Crippen molar-refractivity contribution in [1.29, 1.82) is 5.41 Å². The van der Waals surface area contributed by atoms with Crippen molar-refractivity contribution in [2.45, 2.75) is 111 Å². The van der Waals surface area contributed by atoms with Gasteiger partial charge in [0.1, 0.15) is 0 Å². The molecule has 2 aliphatic carbocycles. The lowest BCUT2D eigenvalue weighted by molar-refractivity contribution is -0.118. The van der Waals surface area contributed by atoms with Crippen LogP contribution >= 0.6 is 11.6 Å². The topological polar surface area (TPSA) is 82.7 Å². The Morgan fingerprint density at radius 1 is 1.11 bits per heavy atom. The molecule has 246 valence electrons. The molecule has 0 radical (unpaired) electrons. The average Bonchev–Trinajstić information content (AvgIpc) is 3.83. The van der Waals surface area contributed by atoms with E-state index in [-0.39, 0.29) is 29.0 Å². The fraction of sp³-hybridized carbons (Fsp3) is 0.525. The number of Topliss-reactive ketones (excluding diaryl/α,β-unsaturated/α-hetero) is 1. The summed E-state index contributed by atoms with van der Waals surface area (Å²) in [4.78, 5) is 26.9. The van der Waals surface area contributed by atoms with E-state index in [1.165, 1.54) is 18.4 Å². The molecule has 1 unspecified atom stereocenters. The Hall–Kier alpha value is -3.18. The first kappa shape index (κ1) is 35.7. The van der Waals surface area contributed by atoms with Gasteiger partial charge in [-0.1, -0.05) is 75.2 Å². The maximum atomic E-state index is 13.6. The molecule has 46 heavy (non-hydrogen) atoms. The zero-order valence-electron chi connectivity index (χ0n) is 28.4. The molecule has 0 amide bonds. The fourth-order valence-electron chi connectivity index (χ4n) is 6.51. The van der Waals surface area contributed by atoms with Gasteiger partial charge in [0.2, 0.25) is 0 Å². The second kappa shape index (κ2) is 16.6. The third-order valence-electron chi connectivity index (χ3n) is 9.55. The van der Waals surface area contributed by atoms with Crippen molar-refractivity contribution < 1.29 is 9.59 Å². The minimum Gasteiger partial charge on any atom is -0.310 e. The van der Waals surface area contributed by atoms with Crippen molar-refractivity contribution in [2.75, 3.05) is 0 Å². The maximum absolute atomic E-state index is 13.6. The van der Waals surface area contributed by atoms with Crippen LogP contribution in [0.25, 0.3) is 6.08 Å². The van der Waals surface area contributed by atoms with Crippen molar-refractivity contribution >= 4 is 46.9 Å². The highest BCUT2D eigenvalue weighted by Gasteiger charge is 2.48. The number of hydrogen-bond donors (Lipinski definition) is 1. The smallest absolute Gasteiger partial charge is 0.189 e. The van der Waals surface area contributed by atoms with Crippen molar-refractivity contribution in [2.24, 2.45) is 33.9 Å². The number of carbonyl (C=O) groups is 2. The van der Waals surface area contributed by atoms with Crippen LogP contribution in [0.1, 0.15) is 116 Å². The number of carbonyl (C=O) groups excluding carboxylic acids is 2. The summed E-state index contributed by atoms with van der Waals surface area (Å²) in [5, 5.41) is 17.9. The Bertz CT molecular complexity index is 1460.